The molecule has 3 nitrogen and oxygen atoms in total. The van der Waals surface area contributed by atoms with E-state index in [1.807, 2.05) is 14.1 Å². The topological polar surface area (TPSA) is 26.9 Å². The number of benzene rings is 1. The van der Waals surface area contributed by atoms with Crippen LogP contribution in [-0.2, 0) is 14.1 Å². The summed E-state index contributed by atoms with van der Waals surface area (Å²) in [5.41, 5.74) is 3.66. The van der Waals surface area contributed by atoms with Gasteiger partial charge in [-0.05, 0) is 36.0 Å². The van der Waals surface area contributed by atoms with Gasteiger partial charge in [0, 0.05) is 18.9 Å². The molecule has 0 spiro atoms. The van der Waals surface area contributed by atoms with Crippen molar-refractivity contribution in [3.05, 3.63) is 34.2 Å². The predicted octanol–water partition coefficient (Wildman–Crippen LogP) is 4.28. The third-order valence-corrected chi connectivity index (χ3v) is 6.83. The molecule has 114 valence electrons. The van der Waals surface area contributed by atoms with Crippen LogP contribution in [0.5, 0.6) is 0 Å². The van der Waals surface area contributed by atoms with Crippen LogP contribution in [-0.4, -0.2) is 9.13 Å². The van der Waals surface area contributed by atoms with Gasteiger partial charge in [-0.2, -0.15) is 0 Å². The molecule has 0 saturated heterocycles. The van der Waals surface area contributed by atoms with E-state index in [1.165, 1.54) is 37.7 Å². The minimum atomic E-state index is 0.0390. The smallest absolute Gasteiger partial charge is 0.295 e. The van der Waals surface area contributed by atoms with Crippen molar-refractivity contribution < 1.29 is 0 Å². The second-order valence-corrected chi connectivity index (χ2v) is 7.64. The molecule has 1 aromatic heterocycles. The highest BCUT2D eigenvalue weighted by Crippen LogP contribution is 2.50. The molecule has 0 radical (unpaired) electrons. The van der Waals surface area contributed by atoms with Gasteiger partial charge in [-0.3, -0.25) is 9.13 Å². The van der Waals surface area contributed by atoms with Gasteiger partial charge in [0.25, 0.3) is 0 Å². The van der Waals surface area contributed by atoms with Crippen molar-refractivity contribution >= 4 is 27.0 Å². The number of alkyl halides is 1. The summed E-state index contributed by atoms with van der Waals surface area (Å²) in [5, 5.41) is 0. The summed E-state index contributed by atoms with van der Waals surface area (Å²) in [7, 11) is 3.68. The van der Waals surface area contributed by atoms with Gasteiger partial charge in [-0.1, -0.05) is 48.2 Å². The lowest BCUT2D eigenvalue weighted by Crippen LogP contribution is -2.25. The Morgan fingerprint density at radius 3 is 2.38 bits per heavy atom. The Labute approximate surface area is 134 Å². The zero-order valence-electron chi connectivity index (χ0n) is 13.0. The van der Waals surface area contributed by atoms with E-state index in [4.69, 9.17) is 0 Å². The Hall–Kier alpha value is -1.03. The molecule has 2 aromatic rings. The van der Waals surface area contributed by atoms with Crippen LogP contribution in [0.4, 0.5) is 0 Å². The highest BCUT2D eigenvalue weighted by Gasteiger charge is 2.35. The fourth-order valence-electron chi connectivity index (χ4n) is 3.70. The van der Waals surface area contributed by atoms with Crippen molar-refractivity contribution in [3.63, 3.8) is 0 Å². The number of nitrogens with zero attached hydrogens (tertiary/aromatic N) is 2. The van der Waals surface area contributed by atoms with Gasteiger partial charge in [-0.15, -0.1) is 0 Å². The SMILES string of the molecule is Cn1c(=O)n(C)c2cc(C(Br)C3(C)CCCCC3)ccc21. The molecule has 1 heterocycles. The molecule has 0 N–H and O–H groups in total. The second-order valence-electron chi connectivity index (χ2n) is 6.73. The zero-order chi connectivity index (χ0) is 15.2. The molecule has 1 fully saturated rings. The van der Waals surface area contributed by atoms with E-state index in [0.717, 1.165) is 11.0 Å². The molecule has 21 heavy (non-hydrogen) atoms. The van der Waals surface area contributed by atoms with E-state index < -0.39 is 0 Å². The Kier molecular flexibility index (Phi) is 3.76. The van der Waals surface area contributed by atoms with E-state index in [-0.39, 0.29) is 5.69 Å². The van der Waals surface area contributed by atoms with Crippen LogP contribution in [0.3, 0.4) is 0 Å². The average molecular weight is 351 g/mol. The molecule has 1 aliphatic rings. The van der Waals surface area contributed by atoms with Crippen LogP contribution in [0.2, 0.25) is 0 Å². The van der Waals surface area contributed by atoms with Crippen molar-refractivity contribution in [2.45, 2.75) is 43.9 Å². The lowest BCUT2D eigenvalue weighted by Gasteiger charge is -2.38. The maximum Gasteiger partial charge on any atom is 0.328 e. The normalized spacial score (nSPS) is 19.8. The molecule has 4 heteroatoms. The monoisotopic (exact) mass is 350 g/mol. The van der Waals surface area contributed by atoms with Crippen molar-refractivity contribution in [3.8, 4) is 0 Å². The summed E-state index contributed by atoms with van der Waals surface area (Å²) in [6, 6.07) is 6.42. The number of halogens is 1. The van der Waals surface area contributed by atoms with E-state index in [9.17, 15) is 4.79 Å². The summed E-state index contributed by atoms with van der Waals surface area (Å²) >= 11 is 3.95. The molecular weight excluding hydrogens is 328 g/mol. The van der Waals surface area contributed by atoms with Crippen LogP contribution < -0.4 is 5.69 Å². The van der Waals surface area contributed by atoms with Gasteiger partial charge in [0.05, 0.1) is 11.0 Å². The van der Waals surface area contributed by atoms with Gasteiger partial charge < -0.3 is 0 Å². The summed E-state index contributed by atoms with van der Waals surface area (Å²) in [6.07, 6.45) is 6.56. The van der Waals surface area contributed by atoms with Gasteiger partial charge in [-0.25, -0.2) is 4.79 Å². The highest BCUT2D eigenvalue weighted by atomic mass is 79.9. The summed E-state index contributed by atoms with van der Waals surface area (Å²) in [5.74, 6) is 0. The Morgan fingerprint density at radius 2 is 1.71 bits per heavy atom. The van der Waals surface area contributed by atoms with Gasteiger partial charge in [0.1, 0.15) is 0 Å². The third-order valence-electron chi connectivity index (χ3n) is 5.20. The Balaban J connectivity index is 2.04. The second kappa shape index (κ2) is 5.31. The molecule has 0 amide bonds. The van der Waals surface area contributed by atoms with Gasteiger partial charge in [0.2, 0.25) is 0 Å². The highest BCUT2D eigenvalue weighted by molar-refractivity contribution is 9.09. The maximum absolute atomic E-state index is 12.0. The molecule has 0 bridgehead atoms. The van der Waals surface area contributed by atoms with Crippen molar-refractivity contribution in [1.29, 1.82) is 0 Å². The van der Waals surface area contributed by atoms with E-state index >= 15 is 0 Å². The Morgan fingerprint density at radius 1 is 1.10 bits per heavy atom. The molecule has 1 saturated carbocycles. The lowest BCUT2D eigenvalue weighted by atomic mass is 9.72. The molecule has 1 atom stereocenters. The number of hydrogen-bond donors (Lipinski definition) is 0. The number of imidazole rings is 1. The van der Waals surface area contributed by atoms with Gasteiger partial charge in [0.15, 0.2) is 0 Å². The van der Waals surface area contributed by atoms with Gasteiger partial charge >= 0.3 is 5.69 Å². The molecule has 1 aromatic carbocycles. The minimum Gasteiger partial charge on any atom is -0.295 e. The van der Waals surface area contributed by atoms with Crippen LogP contribution in [0, 0.1) is 5.41 Å². The van der Waals surface area contributed by atoms with E-state index in [1.54, 1.807) is 9.13 Å². The first-order chi connectivity index (χ1) is 9.94. The first-order valence-electron chi connectivity index (χ1n) is 7.73. The van der Waals surface area contributed by atoms with E-state index in [0.29, 0.717) is 10.2 Å². The maximum atomic E-state index is 12.0. The number of fused-ring (bicyclic) bond motifs is 1. The summed E-state index contributed by atoms with van der Waals surface area (Å²) < 4.78 is 3.45. The number of aryl methyl sites for hydroxylation is 2. The van der Waals surface area contributed by atoms with Crippen molar-refractivity contribution in [2.75, 3.05) is 0 Å². The number of hydrogen-bond acceptors (Lipinski definition) is 1. The lowest BCUT2D eigenvalue weighted by molar-refractivity contribution is 0.213. The first-order valence-corrected chi connectivity index (χ1v) is 8.65. The third kappa shape index (κ3) is 2.37. The fourth-order valence-corrected chi connectivity index (χ4v) is 4.44. The fraction of sp³-hybridized carbons (Fsp3) is 0.588. The van der Waals surface area contributed by atoms with Crippen molar-refractivity contribution in [2.24, 2.45) is 19.5 Å². The molecule has 1 aliphatic carbocycles. The molecule has 3 rings (SSSR count). The zero-order valence-corrected chi connectivity index (χ0v) is 14.6. The van der Waals surface area contributed by atoms with Crippen LogP contribution in [0.1, 0.15) is 49.4 Å². The largest absolute Gasteiger partial charge is 0.328 e. The first kappa shape index (κ1) is 14.9. The van der Waals surface area contributed by atoms with Crippen LogP contribution >= 0.6 is 15.9 Å². The van der Waals surface area contributed by atoms with Crippen LogP contribution in [0.25, 0.3) is 11.0 Å². The molecule has 1 unspecified atom stereocenters. The quantitative estimate of drug-likeness (QED) is 0.742. The van der Waals surface area contributed by atoms with E-state index in [2.05, 4.69) is 41.1 Å². The number of aromatic nitrogens is 2. The predicted molar refractivity (Wildman–Crippen MR) is 91.0 cm³/mol. The molecular formula is C17H23BrN2O. The molecule has 0 aliphatic heterocycles. The standard InChI is InChI=1S/C17H23BrN2O/c1-17(9-5-4-6-10-17)15(18)12-7-8-13-14(11-12)20(3)16(21)19(13)2/h7-8,11,15H,4-6,9-10H2,1-3H3. The summed E-state index contributed by atoms with van der Waals surface area (Å²) in [6.45, 7) is 2.39. The Bertz CT molecular complexity index is 722. The van der Waals surface area contributed by atoms with Crippen molar-refractivity contribution in [1.82, 2.24) is 9.13 Å². The number of rotatable bonds is 2. The average Bonchev–Trinajstić information content (AvgIpc) is 2.72. The van der Waals surface area contributed by atoms with Crippen LogP contribution in [0.15, 0.2) is 23.0 Å². The summed E-state index contributed by atoms with van der Waals surface area (Å²) in [4.78, 5) is 12.4. The minimum absolute atomic E-state index is 0.0390.